The average molecular weight is 555 g/mol. The third-order valence-electron chi connectivity index (χ3n) is 7.35. The van der Waals surface area contributed by atoms with Crippen LogP contribution < -0.4 is 5.32 Å². The molecule has 36 heavy (non-hydrogen) atoms. The molecule has 2 aromatic carbocycles. The Bertz CT molecular complexity index is 1060. The number of hydrogen-bond acceptors (Lipinski definition) is 4. The lowest BCUT2D eigenvalue weighted by Gasteiger charge is -2.38. The first-order chi connectivity index (χ1) is 17.0. The van der Waals surface area contributed by atoms with Gasteiger partial charge in [0.25, 0.3) is 0 Å². The van der Waals surface area contributed by atoms with E-state index in [0.29, 0.717) is 28.0 Å². The van der Waals surface area contributed by atoms with Crippen LogP contribution in [0.2, 0.25) is 15.1 Å². The number of aliphatic hydroxyl groups excluding tert-OH is 1. The van der Waals surface area contributed by atoms with Gasteiger partial charge in [-0.25, -0.2) is 0 Å². The number of hydrogen-bond donors (Lipinski definition) is 2. The van der Waals surface area contributed by atoms with Gasteiger partial charge in [0.1, 0.15) is 0 Å². The Balaban J connectivity index is 1.77. The molecule has 6 nitrogen and oxygen atoms in total. The van der Waals surface area contributed by atoms with Gasteiger partial charge in [-0.3, -0.25) is 9.59 Å². The summed E-state index contributed by atoms with van der Waals surface area (Å²) in [5, 5.41) is 14.5. The van der Waals surface area contributed by atoms with Gasteiger partial charge in [-0.1, -0.05) is 53.0 Å². The van der Waals surface area contributed by atoms with Gasteiger partial charge >= 0.3 is 0 Å². The molecule has 3 rings (SSSR count). The third-order valence-corrected chi connectivity index (χ3v) is 8.34. The van der Waals surface area contributed by atoms with Crippen molar-refractivity contribution in [2.75, 3.05) is 33.3 Å². The smallest absolute Gasteiger partial charge is 0.230 e. The summed E-state index contributed by atoms with van der Waals surface area (Å²) in [5.41, 5.74) is 0.609. The van der Waals surface area contributed by atoms with Crippen LogP contribution in [-0.4, -0.2) is 66.1 Å². The Labute approximate surface area is 228 Å². The maximum absolute atomic E-state index is 13.8. The monoisotopic (exact) mass is 553 g/mol. The van der Waals surface area contributed by atoms with Crippen molar-refractivity contribution in [2.45, 2.75) is 50.6 Å². The summed E-state index contributed by atoms with van der Waals surface area (Å²) in [7, 11) is 1.85. The lowest BCUT2D eigenvalue weighted by Crippen LogP contribution is -2.48. The molecule has 1 aliphatic heterocycles. The number of halogens is 3. The van der Waals surface area contributed by atoms with Gasteiger partial charge in [-0.05, 0) is 68.1 Å². The highest BCUT2D eigenvalue weighted by atomic mass is 35.5. The molecule has 1 saturated heterocycles. The van der Waals surface area contributed by atoms with E-state index in [1.165, 1.54) is 0 Å². The number of nitrogens with one attached hydrogen (secondary N) is 1. The first-order valence-corrected chi connectivity index (χ1v) is 13.3. The summed E-state index contributed by atoms with van der Waals surface area (Å²) in [5.74, 6) is -0.127. The molecular weight excluding hydrogens is 521 g/mol. The molecule has 0 aliphatic carbocycles. The zero-order chi connectivity index (χ0) is 26.5. The molecule has 0 radical (unpaired) electrons. The van der Waals surface area contributed by atoms with Crippen molar-refractivity contribution in [2.24, 2.45) is 0 Å². The highest BCUT2D eigenvalue weighted by Crippen LogP contribution is 2.34. The van der Waals surface area contributed by atoms with Crippen LogP contribution >= 0.6 is 34.8 Å². The standard InChI is InChI=1S/C27H34Cl3N3O3/c1-18(35)32(3)22-10-13-33(14-11-22)15-12-27(2,20-6-9-23(29)24(30)16-20)26(36)31-25(17-34)19-4-7-21(28)8-5-19/h4-9,16,22,25,34H,10-15,17H2,1-3H3,(H,31,36)/t25-,27?/m0/s1. The molecule has 196 valence electrons. The number of rotatable bonds is 9. The number of nitrogens with zero attached hydrogens (tertiary/aromatic N) is 2. The van der Waals surface area contributed by atoms with E-state index in [0.717, 1.165) is 37.1 Å². The molecule has 9 heteroatoms. The second-order valence-electron chi connectivity index (χ2n) is 9.67. The van der Waals surface area contributed by atoms with Gasteiger partial charge in [-0.15, -0.1) is 0 Å². The van der Waals surface area contributed by atoms with Crippen molar-refractivity contribution in [3.8, 4) is 0 Å². The van der Waals surface area contributed by atoms with Crippen molar-refractivity contribution in [3.63, 3.8) is 0 Å². The van der Waals surface area contributed by atoms with E-state index < -0.39 is 11.5 Å². The van der Waals surface area contributed by atoms with Crippen LogP contribution in [0.1, 0.15) is 50.3 Å². The van der Waals surface area contributed by atoms with Crippen LogP contribution in [0.15, 0.2) is 42.5 Å². The van der Waals surface area contributed by atoms with E-state index in [1.807, 2.05) is 24.9 Å². The van der Waals surface area contributed by atoms with E-state index in [2.05, 4.69) is 10.2 Å². The number of benzene rings is 2. The molecule has 1 heterocycles. The average Bonchev–Trinajstić information content (AvgIpc) is 2.87. The highest BCUT2D eigenvalue weighted by molar-refractivity contribution is 6.42. The van der Waals surface area contributed by atoms with E-state index in [-0.39, 0.29) is 24.5 Å². The number of carbonyl (C=O) groups is 2. The van der Waals surface area contributed by atoms with E-state index >= 15 is 0 Å². The van der Waals surface area contributed by atoms with Gasteiger partial charge in [0.2, 0.25) is 11.8 Å². The molecule has 0 aromatic heterocycles. The maximum Gasteiger partial charge on any atom is 0.230 e. The second-order valence-corrected chi connectivity index (χ2v) is 10.9. The molecule has 0 saturated carbocycles. The summed E-state index contributed by atoms with van der Waals surface area (Å²) >= 11 is 18.5. The lowest BCUT2D eigenvalue weighted by atomic mass is 9.78. The summed E-state index contributed by atoms with van der Waals surface area (Å²) in [6.45, 7) is 5.65. The van der Waals surface area contributed by atoms with Crippen LogP contribution in [0, 0.1) is 0 Å². The Kier molecular flexibility index (Phi) is 10.1. The third kappa shape index (κ3) is 6.93. The van der Waals surface area contributed by atoms with Gasteiger partial charge in [-0.2, -0.15) is 0 Å². The quantitative estimate of drug-likeness (QED) is 0.453. The molecular formula is C27H34Cl3N3O3. The Morgan fingerprint density at radius 3 is 2.31 bits per heavy atom. The lowest BCUT2D eigenvalue weighted by molar-refractivity contribution is -0.131. The topological polar surface area (TPSA) is 72.9 Å². The van der Waals surface area contributed by atoms with Crippen LogP contribution in [0.4, 0.5) is 0 Å². The van der Waals surface area contributed by atoms with E-state index in [1.54, 1.807) is 43.3 Å². The fourth-order valence-corrected chi connectivity index (χ4v) is 5.07. The van der Waals surface area contributed by atoms with Crippen LogP contribution in [0.5, 0.6) is 0 Å². The van der Waals surface area contributed by atoms with Crippen molar-refractivity contribution < 1.29 is 14.7 Å². The number of carbonyl (C=O) groups excluding carboxylic acids is 2. The fraction of sp³-hybridized carbons (Fsp3) is 0.481. The minimum atomic E-state index is -0.916. The van der Waals surface area contributed by atoms with Crippen molar-refractivity contribution in [3.05, 3.63) is 68.7 Å². The molecule has 1 unspecified atom stereocenters. The van der Waals surface area contributed by atoms with Gasteiger partial charge in [0.15, 0.2) is 0 Å². The molecule has 2 atom stereocenters. The van der Waals surface area contributed by atoms with Crippen molar-refractivity contribution in [1.82, 2.24) is 15.1 Å². The van der Waals surface area contributed by atoms with E-state index in [4.69, 9.17) is 34.8 Å². The van der Waals surface area contributed by atoms with Gasteiger partial charge in [0, 0.05) is 38.1 Å². The number of likely N-dealkylation sites (tertiary alicyclic amines) is 1. The first-order valence-electron chi connectivity index (χ1n) is 12.1. The number of aliphatic hydroxyl groups is 1. The summed E-state index contributed by atoms with van der Waals surface area (Å²) < 4.78 is 0. The summed E-state index contributed by atoms with van der Waals surface area (Å²) in [6, 6.07) is 12.0. The van der Waals surface area contributed by atoms with Crippen LogP contribution in [-0.2, 0) is 15.0 Å². The Morgan fingerprint density at radius 2 is 1.75 bits per heavy atom. The van der Waals surface area contributed by atoms with Crippen molar-refractivity contribution in [1.29, 1.82) is 0 Å². The second kappa shape index (κ2) is 12.6. The normalized spacial score (nSPS) is 17.3. The minimum absolute atomic E-state index is 0.0800. The maximum atomic E-state index is 13.8. The van der Waals surface area contributed by atoms with Gasteiger partial charge in [0.05, 0.1) is 28.1 Å². The van der Waals surface area contributed by atoms with Crippen LogP contribution in [0.3, 0.4) is 0 Å². The molecule has 2 N–H and O–H groups in total. The Hall–Kier alpha value is -1.83. The number of amides is 2. The minimum Gasteiger partial charge on any atom is -0.394 e. The van der Waals surface area contributed by atoms with Gasteiger partial charge < -0.3 is 20.2 Å². The zero-order valence-electron chi connectivity index (χ0n) is 20.9. The number of piperidine rings is 1. The zero-order valence-corrected chi connectivity index (χ0v) is 23.2. The molecule has 2 aromatic rings. The predicted molar refractivity (Wildman–Crippen MR) is 146 cm³/mol. The largest absolute Gasteiger partial charge is 0.394 e. The first kappa shape index (κ1) is 28.7. The van der Waals surface area contributed by atoms with E-state index in [9.17, 15) is 14.7 Å². The molecule has 1 fully saturated rings. The predicted octanol–water partition coefficient (Wildman–Crippen LogP) is 5.09. The molecule has 2 amide bonds. The molecule has 0 spiro atoms. The fourth-order valence-electron chi connectivity index (χ4n) is 4.64. The Morgan fingerprint density at radius 1 is 1.11 bits per heavy atom. The highest BCUT2D eigenvalue weighted by Gasteiger charge is 2.37. The van der Waals surface area contributed by atoms with Crippen LogP contribution in [0.25, 0.3) is 0 Å². The molecule has 0 bridgehead atoms. The summed E-state index contributed by atoms with van der Waals surface area (Å²) in [6.07, 6.45) is 2.34. The van der Waals surface area contributed by atoms with Crippen molar-refractivity contribution >= 4 is 46.6 Å². The molecule has 1 aliphatic rings. The SMILES string of the molecule is CC(=O)N(C)C1CCN(CCC(C)(C(=O)N[C@@H](CO)c2ccc(Cl)cc2)c2ccc(Cl)c(Cl)c2)CC1. The summed E-state index contributed by atoms with van der Waals surface area (Å²) in [4.78, 5) is 29.6.